The van der Waals surface area contributed by atoms with Crippen LogP contribution in [0.2, 0.25) is 0 Å². The zero-order valence-corrected chi connectivity index (χ0v) is 27.8. The third-order valence-corrected chi connectivity index (χ3v) is 8.93. The topological polar surface area (TPSA) is 169 Å². The van der Waals surface area contributed by atoms with Crippen LogP contribution in [0.1, 0.15) is 82.9 Å². The summed E-state index contributed by atoms with van der Waals surface area (Å²) < 4.78 is 86.4. The van der Waals surface area contributed by atoms with Gasteiger partial charge in [-0.2, -0.15) is 31.1 Å². The molecule has 3 aliphatic rings. The van der Waals surface area contributed by atoms with Crippen molar-refractivity contribution in [2.24, 2.45) is 5.92 Å². The second-order valence-electron chi connectivity index (χ2n) is 14.0. The number of hydrogen-bond donors (Lipinski definition) is 3. The van der Waals surface area contributed by atoms with Gasteiger partial charge < -0.3 is 25.4 Å². The average molecular weight is 730 g/mol. The number of carboxylic acids is 1. The van der Waals surface area contributed by atoms with Gasteiger partial charge in [-0.3, -0.25) is 9.59 Å². The number of aliphatic carboxylic acids is 1. The minimum atomic E-state index is -5.12. The second kappa shape index (κ2) is 13.8. The highest BCUT2D eigenvalue weighted by Gasteiger charge is 2.61. The quantitative estimate of drug-likeness (QED) is 0.293. The first-order chi connectivity index (χ1) is 23.7. The molecule has 3 heterocycles. The van der Waals surface area contributed by atoms with Crippen LogP contribution in [0, 0.1) is 5.92 Å². The number of hydrogen-bond acceptors (Lipinski definition) is 8. The van der Waals surface area contributed by atoms with Gasteiger partial charge in [-0.1, -0.05) is 25.0 Å². The lowest BCUT2D eigenvalue weighted by Gasteiger charge is -2.30. The summed E-state index contributed by atoms with van der Waals surface area (Å²) in [7, 11) is 0. The lowest BCUT2D eigenvalue weighted by atomic mass is 10.0. The molecule has 1 aromatic heterocycles. The van der Waals surface area contributed by atoms with Gasteiger partial charge >= 0.3 is 24.4 Å². The summed E-state index contributed by atoms with van der Waals surface area (Å²) in [6, 6.07) is -2.60. The van der Waals surface area contributed by atoms with Gasteiger partial charge in [0.1, 0.15) is 23.2 Å². The number of alkyl carbamates (subject to hydrolysis) is 1. The van der Waals surface area contributed by atoms with Crippen LogP contribution in [-0.4, -0.2) is 83.9 Å². The molecule has 19 heteroatoms. The molecular weight excluding hydrogens is 692 g/mol. The van der Waals surface area contributed by atoms with Crippen molar-refractivity contribution < 1.29 is 55.4 Å². The van der Waals surface area contributed by atoms with Gasteiger partial charge in [0, 0.05) is 24.4 Å². The Kier molecular flexibility index (Phi) is 10.1. The average Bonchev–Trinajstić information content (AvgIpc) is 3.33. The number of carboxylic acid groups (broad SMARTS) is 1. The molecule has 0 bridgehead atoms. The molecule has 3 N–H and O–H groups in total. The van der Waals surface area contributed by atoms with E-state index >= 15 is 0 Å². The SMILES string of the molecule is CC(C)(C)OC(=O)N[C@@H]1CCCCC/C=C\[C@@H]2C[C@]2(C(=O)O)NC(=O)[C@@H]2C[C@H](n3nnc(-c4cc(C(F)(F)F)cc(C(F)(F)F)c4)n3)CN2C1=O. The molecule has 1 aliphatic carbocycles. The van der Waals surface area contributed by atoms with Crippen LogP contribution in [0.15, 0.2) is 30.4 Å². The van der Waals surface area contributed by atoms with Crippen molar-refractivity contribution in [3.8, 4) is 11.4 Å². The number of ether oxygens (including phenoxy) is 1. The second-order valence-corrected chi connectivity index (χ2v) is 14.0. The first-order valence-electron chi connectivity index (χ1n) is 16.3. The molecule has 13 nitrogen and oxygen atoms in total. The van der Waals surface area contributed by atoms with E-state index in [0.717, 1.165) is 9.70 Å². The number of rotatable bonds is 4. The Balaban J connectivity index is 1.48. The van der Waals surface area contributed by atoms with Crippen molar-refractivity contribution in [1.82, 2.24) is 35.7 Å². The van der Waals surface area contributed by atoms with Crippen LogP contribution in [0.5, 0.6) is 0 Å². The fraction of sp³-hybridized carbons (Fsp3) is 0.594. The molecule has 5 rings (SSSR count). The lowest BCUT2D eigenvalue weighted by molar-refractivity contribution is -0.146. The first kappa shape index (κ1) is 37.5. The van der Waals surface area contributed by atoms with Gasteiger partial charge in [-0.25, -0.2) is 9.59 Å². The van der Waals surface area contributed by atoms with Crippen molar-refractivity contribution >= 4 is 23.9 Å². The third-order valence-electron chi connectivity index (χ3n) is 8.93. The number of fused-ring (bicyclic) bond motifs is 2. The van der Waals surface area contributed by atoms with E-state index in [1.165, 1.54) is 0 Å². The van der Waals surface area contributed by atoms with Crippen LogP contribution >= 0.6 is 0 Å². The number of alkyl halides is 6. The standard InChI is InChI=1S/C32H37F6N7O6/c1-29(2,3)51-28(50)39-22-10-8-6-4-5-7-9-18-15-30(18,27(48)49)40-25(46)23-14-21(16-44(23)26(22)47)45-42-24(41-43-45)17-11-19(31(33,34)35)13-20(12-17)32(36,37)38/h7,9,11-13,18,21-23H,4-6,8,10,14-16H2,1-3H3,(H,39,50)(H,40,46)(H,48,49)/b9-7-/t18-,21+,22-,23+,30+/m1/s1. The Bertz CT molecular complexity index is 1670. The number of halogens is 6. The van der Waals surface area contributed by atoms with Gasteiger partial charge in [0.25, 0.3) is 0 Å². The summed E-state index contributed by atoms with van der Waals surface area (Å²) in [5.74, 6) is -3.85. The maximum Gasteiger partial charge on any atom is 0.416 e. The fourth-order valence-corrected chi connectivity index (χ4v) is 6.27. The van der Waals surface area contributed by atoms with Crippen molar-refractivity contribution in [2.45, 2.75) is 107 Å². The highest BCUT2D eigenvalue weighted by atomic mass is 19.4. The molecule has 0 spiro atoms. The van der Waals surface area contributed by atoms with Crippen LogP contribution in [-0.2, 0) is 31.5 Å². The molecule has 2 aliphatic heterocycles. The number of carbonyl (C=O) groups excluding carboxylic acids is 3. The molecule has 0 radical (unpaired) electrons. The summed E-state index contributed by atoms with van der Waals surface area (Å²) in [6.45, 7) is 4.61. The molecular formula is C32H37F6N7O6. The normalized spacial score (nSPS) is 27.0. The van der Waals surface area contributed by atoms with E-state index in [1.54, 1.807) is 26.8 Å². The molecule has 3 amide bonds. The van der Waals surface area contributed by atoms with Gasteiger partial charge in [-0.05, 0) is 69.9 Å². The molecule has 51 heavy (non-hydrogen) atoms. The van der Waals surface area contributed by atoms with Crippen molar-refractivity contribution in [3.63, 3.8) is 0 Å². The van der Waals surface area contributed by atoms with Crippen molar-refractivity contribution in [3.05, 3.63) is 41.5 Å². The Hall–Kier alpha value is -4.71. The van der Waals surface area contributed by atoms with Crippen LogP contribution in [0.3, 0.4) is 0 Å². The molecule has 1 saturated carbocycles. The monoisotopic (exact) mass is 729 g/mol. The van der Waals surface area contributed by atoms with Gasteiger partial charge in [0.05, 0.1) is 17.2 Å². The van der Waals surface area contributed by atoms with Gasteiger partial charge in [0.2, 0.25) is 17.6 Å². The maximum atomic E-state index is 14.2. The third kappa shape index (κ3) is 8.61. The van der Waals surface area contributed by atoms with Gasteiger partial charge in [-0.15, -0.1) is 10.2 Å². The molecule has 1 aromatic carbocycles. The number of carbonyl (C=O) groups is 4. The number of benzene rings is 1. The Morgan fingerprint density at radius 2 is 1.69 bits per heavy atom. The minimum absolute atomic E-state index is 0.0355. The maximum absolute atomic E-state index is 14.2. The van der Waals surface area contributed by atoms with E-state index in [2.05, 4.69) is 26.0 Å². The van der Waals surface area contributed by atoms with E-state index < -0.39 is 93.9 Å². The van der Waals surface area contributed by atoms with E-state index in [0.29, 0.717) is 37.8 Å². The molecule has 2 aromatic rings. The number of amides is 3. The summed E-state index contributed by atoms with van der Waals surface area (Å²) in [5.41, 5.74) is -6.30. The van der Waals surface area contributed by atoms with Crippen molar-refractivity contribution in [2.75, 3.05) is 6.54 Å². The minimum Gasteiger partial charge on any atom is -0.479 e. The molecule has 0 unspecified atom stereocenters. The summed E-state index contributed by atoms with van der Waals surface area (Å²) in [5, 5.41) is 26.8. The van der Waals surface area contributed by atoms with E-state index in [4.69, 9.17) is 4.74 Å². The van der Waals surface area contributed by atoms with E-state index in [1.807, 2.05) is 6.08 Å². The van der Waals surface area contributed by atoms with Crippen molar-refractivity contribution in [1.29, 1.82) is 0 Å². The van der Waals surface area contributed by atoms with Crippen LogP contribution in [0.4, 0.5) is 31.1 Å². The Morgan fingerprint density at radius 3 is 2.29 bits per heavy atom. The summed E-state index contributed by atoms with van der Waals surface area (Å²) >= 11 is 0. The van der Waals surface area contributed by atoms with Crippen LogP contribution < -0.4 is 10.6 Å². The molecule has 1 saturated heterocycles. The predicted molar refractivity (Wildman–Crippen MR) is 164 cm³/mol. The number of nitrogens with one attached hydrogen (secondary N) is 2. The first-order valence-corrected chi connectivity index (χ1v) is 16.3. The summed E-state index contributed by atoms with van der Waals surface area (Å²) in [6.07, 6.45) is -4.96. The Morgan fingerprint density at radius 1 is 1.02 bits per heavy atom. The smallest absolute Gasteiger partial charge is 0.416 e. The largest absolute Gasteiger partial charge is 0.479 e. The Labute approximate surface area is 287 Å². The highest BCUT2D eigenvalue weighted by Crippen LogP contribution is 2.46. The number of allylic oxidation sites excluding steroid dienone is 1. The molecule has 5 atom stereocenters. The van der Waals surface area contributed by atoms with Gasteiger partial charge in [0.15, 0.2) is 0 Å². The number of aromatic nitrogens is 4. The van der Waals surface area contributed by atoms with Crippen LogP contribution in [0.25, 0.3) is 11.4 Å². The lowest BCUT2D eigenvalue weighted by Crippen LogP contribution is -2.56. The van der Waals surface area contributed by atoms with E-state index in [-0.39, 0.29) is 31.9 Å². The zero-order chi connectivity index (χ0) is 37.5. The number of nitrogens with zero attached hydrogens (tertiary/aromatic N) is 5. The fourth-order valence-electron chi connectivity index (χ4n) is 6.27. The molecule has 2 fully saturated rings. The van der Waals surface area contributed by atoms with E-state index in [9.17, 15) is 50.6 Å². The summed E-state index contributed by atoms with van der Waals surface area (Å²) in [4.78, 5) is 55.1. The predicted octanol–water partition coefficient (Wildman–Crippen LogP) is 4.89. The molecule has 278 valence electrons. The highest BCUT2D eigenvalue weighted by molar-refractivity contribution is 5.96. The number of tetrazole rings is 1. The zero-order valence-electron chi connectivity index (χ0n) is 27.8.